The molecule has 5 nitrogen and oxygen atoms in total. The average Bonchev–Trinajstić information content (AvgIpc) is 2.37. The van der Waals surface area contributed by atoms with E-state index in [4.69, 9.17) is 0 Å². The van der Waals surface area contributed by atoms with Gasteiger partial charge in [0.2, 0.25) is 5.91 Å². The fraction of sp³-hybridized carbons (Fsp3) is 0.692. The first-order valence-electron chi connectivity index (χ1n) is 6.78. The molecule has 1 aliphatic carbocycles. The van der Waals surface area contributed by atoms with E-state index in [2.05, 4.69) is 5.32 Å². The molecule has 3 N–H and O–H groups in total. The van der Waals surface area contributed by atoms with Crippen LogP contribution in [0.25, 0.3) is 0 Å². The molecule has 2 atom stereocenters. The molecule has 1 rings (SSSR count). The molecule has 0 spiro atoms. The minimum atomic E-state index is -4.91. The van der Waals surface area contributed by atoms with E-state index < -0.39 is 18.2 Å². The van der Waals surface area contributed by atoms with Crippen LogP contribution in [0.4, 0.5) is 13.2 Å². The van der Waals surface area contributed by atoms with E-state index in [0.29, 0.717) is 25.7 Å². The lowest BCUT2D eigenvalue weighted by atomic mass is 9.92. The molecule has 0 radical (unpaired) electrons. The number of halogens is 3. The van der Waals surface area contributed by atoms with Crippen molar-refractivity contribution in [2.24, 2.45) is 5.92 Å². The molecule has 0 aromatic rings. The van der Waals surface area contributed by atoms with Gasteiger partial charge in [-0.25, -0.2) is 0 Å². The molecule has 0 saturated heterocycles. The number of hydrogen-bond acceptors (Lipinski definition) is 3. The molecule has 0 fully saturated rings. The van der Waals surface area contributed by atoms with Gasteiger partial charge in [-0.3, -0.25) is 9.59 Å². The highest BCUT2D eigenvalue weighted by molar-refractivity contribution is 5.82. The number of carbonyl (C=O) groups excluding carboxylic acids is 2. The quantitative estimate of drug-likeness (QED) is 0.533. The predicted octanol–water partition coefficient (Wildman–Crippen LogP) is 0.888. The van der Waals surface area contributed by atoms with E-state index in [1.807, 2.05) is 6.08 Å². The number of amides is 2. The number of rotatable bonds is 4. The summed E-state index contributed by atoms with van der Waals surface area (Å²) in [4.78, 5) is 22.4. The summed E-state index contributed by atoms with van der Waals surface area (Å²) in [6.07, 6.45) is 0.322. The molecular weight excluding hydrogens is 289 g/mol. The van der Waals surface area contributed by atoms with Gasteiger partial charge in [0, 0.05) is 19.0 Å². The van der Waals surface area contributed by atoms with Crippen LogP contribution in [-0.2, 0) is 9.59 Å². The maximum Gasteiger partial charge on any atom is 0.471 e. The first-order chi connectivity index (χ1) is 9.80. The van der Waals surface area contributed by atoms with E-state index in [9.17, 15) is 27.9 Å². The van der Waals surface area contributed by atoms with Crippen molar-refractivity contribution in [3.8, 4) is 0 Å². The Morgan fingerprint density at radius 3 is 2.48 bits per heavy atom. The molecule has 0 aromatic carbocycles. The highest BCUT2D eigenvalue weighted by atomic mass is 19.4. The first-order valence-corrected chi connectivity index (χ1v) is 6.78. The highest BCUT2D eigenvalue weighted by Crippen LogP contribution is 2.19. The summed E-state index contributed by atoms with van der Waals surface area (Å²) < 4.78 is 35.7. The Morgan fingerprint density at radius 1 is 1.14 bits per heavy atom. The van der Waals surface area contributed by atoms with Crippen molar-refractivity contribution in [2.45, 2.75) is 38.0 Å². The standard InChI is InChI=1S/C13H19F3N2O3/c14-13(15,16)12(21)18-8-7-17-11(20)9-3-1-2-4-10(19)6-5-9/h2,4,9-10,19H,1,3,5-8H2,(H,17,20)(H,18,21)/t9-,10?/m0/s1. The zero-order chi connectivity index (χ0) is 15.9. The molecule has 8 heteroatoms. The van der Waals surface area contributed by atoms with Crippen LogP contribution in [-0.4, -0.2) is 42.3 Å². The second kappa shape index (κ2) is 8.02. The van der Waals surface area contributed by atoms with Crippen LogP contribution in [0.15, 0.2) is 12.2 Å². The maximum absolute atomic E-state index is 11.9. The van der Waals surface area contributed by atoms with E-state index in [1.165, 1.54) is 0 Å². The number of carbonyl (C=O) groups is 2. The lowest BCUT2D eigenvalue weighted by molar-refractivity contribution is -0.173. The number of nitrogens with one attached hydrogen (secondary N) is 2. The third-order valence-corrected chi connectivity index (χ3v) is 3.19. The minimum Gasteiger partial charge on any atom is -0.389 e. The van der Waals surface area contributed by atoms with Gasteiger partial charge in [0.25, 0.3) is 0 Å². The number of aliphatic hydroxyl groups excluding tert-OH is 1. The van der Waals surface area contributed by atoms with Crippen molar-refractivity contribution in [1.29, 1.82) is 0 Å². The Balaban J connectivity index is 2.27. The van der Waals surface area contributed by atoms with Crippen LogP contribution < -0.4 is 10.6 Å². The minimum absolute atomic E-state index is 0.0600. The van der Waals surface area contributed by atoms with Gasteiger partial charge >= 0.3 is 12.1 Å². The van der Waals surface area contributed by atoms with Crippen molar-refractivity contribution in [3.05, 3.63) is 12.2 Å². The van der Waals surface area contributed by atoms with Gasteiger partial charge in [-0.2, -0.15) is 13.2 Å². The Bertz CT molecular complexity index is 397. The smallest absolute Gasteiger partial charge is 0.389 e. The van der Waals surface area contributed by atoms with E-state index >= 15 is 0 Å². The summed E-state index contributed by atoms with van der Waals surface area (Å²) in [6.45, 7) is -0.338. The van der Waals surface area contributed by atoms with Crippen LogP contribution in [0.3, 0.4) is 0 Å². The van der Waals surface area contributed by atoms with Crippen molar-refractivity contribution in [3.63, 3.8) is 0 Å². The predicted molar refractivity (Wildman–Crippen MR) is 69.2 cm³/mol. The SMILES string of the molecule is O=C(NCCNC(=O)C(F)(F)F)[C@H]1CCC=CC(O)CC1. The molecule has 0 aliphatic heterocycles. The van der Waals surface area contributed by atoms with Gasteiger partial charge in [-0.1, -0.05) is 12.2 Å². The van der Waals surface area contributed by atoms with Crippen LogP contribution in [0.1, 0.15) is 25.7 Å². The summed E-state index contributed by atoms with van der Waals surface area (Å²) in [5, 5.41) is 13.7. The normalized spacial score (nSPS) is 23.0. The molecule has 2 amide bonds. The zero-order valence-corrected chi connectivity index (χ0v) is 11.4. The largest absolute Gasteiger partial charge is 0.471 e. The third-order valence-electron chi connectivity index (χ3n) is 3.19. The van der Waals surface area contributed by atoms with Gasteiger partial charge < -0.3 is 15.7 Å². The van der Waals surface area contributed by atoms with Gasteiger partial charge in [0.05, 0.1) is 6.10 Å². The van der Waals surface area contributed by atoms with E-state index in [0.717, 1.165) is 0 Å². The molecular formula is C13H19F3N2O3. The van der Waals surface area contributed by atoms with E-state index in [-0.39, 0.29) is 24.9 Å². The Hall–Kier alpha value is -1.57. The van der Waals surface area contributed by atoms with Crippen molar-refractivity contribution >= 4 is 11.8 Å². The molecule has 120 valence electrons. The van der Waals surface area contributed by atoms with Gasteiger partial charge in [-0.05, 0) is 25.7 Å². The van der Waals surface area contributed by atoms with Crippen LogP contribution in [0, 0.1) is 5.92 Å². The fourth-order valence-electron chi connectivity index (χ4n) is 2.03. The topological polar surface area (TPSA) is 78.4 Å². The van der Waals surface area contributed by atoms with Gasteiger partial charge in [0.15, 0.2) is 0 Å². The molecule has 0 bridgehead atoms. The summed E-state index contributed by atoms with van der Waals surface area (Å²) in [5.41, 5.74) is 0. The van der Waals surface area contributed by atoms with Crippen molar-refractivity contribution in [1.82, 2.24) is 10.6 Å². The lowest BCUT2D eigenvalue weighted by Crippen LogP contribution is -2.42. The van der Waals surface area contributed by atoms with Crippen LogP contribution in [0.2, 0.25) is 0 Å². The summed E-state index contributed by atoms with van der Waals surface area (Å²) in [6, 6.07) is 0. The molecule has 0 saturated carbocycles. The Kier molecular flexibility index (Phi) is 6.67. The third kappa shape index (κ3) is 6.61. The summed E-state index contributed by atoms with van der Waals surface area (Å²) in [5.74, 6) is -2.56. The molecule has 0 aromatic heterocycles. The molecule has 0 heterocycles. The second-order valence-corrected chi connectivity index (χ2v) is 4.89. The Morgan fingerprint density at radius 2 is 1.81 bits per heavy atom. The monoisotopic (exact) mass is 308 g/mol. The first kappa shape index (κ1) is 17.5. The average molecular weight is 308 g/mol. The summed E-state index contributed by atoms with van der Waals surface area (Å²) in [7, 11) is 0. The number of allylic oxidation sites excluding steroid dienone is 1. The Labute approximate surface area is 120 Å². The van der Waals surface area contributed by atoms with Crippen LogP contribution in [0.5, 0.6) is 0 Å². The molecule has 21 heavy (non-hydrogen) atoms. The maximum atomic E-state index is 11.9. The molecule has 1 unspecified atom stereocenters. The number of hydrogen-bond donors (Lipinski definition) is 3. The highest BCUT2D eigenvalue weighted by Gasteiger charge is 2.38. The molecule has 1 aliphatic rings. The fourth-order valence-corrected chi connectivity index (χ4v) is 2.03. The lowest BCUT2D eigenvalue weighted by Gasteiger charge is -2.19. The van der Waals surface area contributed by atoms with Gasteiger partial charge in [-0.15, -0.1) is 0 Å². The summed E-state index contributed by atoms with van der Waals surface area (Å²) >= 11 is 0. The number of aliphatic hydroxyl groups is 1. The second-order valence-electron chi connectivity index (χ2n) is 4.89. The zero-order valence-electron chi connectivity index (χ0n) is 11.4. The van der Waals surface area contributed by atoms with Gasteiger partial charge in [0.1, 0.15) is 0 Å². The van der Waals surface area contributed by atoms with E-state index in [1.54, 1.807) is 11.4 Å². The van der Waals surface area contributed by atoms with Crippen LogP contribution >= 0.6 is 0 Å². The van der Waals surface area contributed by atoms with Crippen molar-refractivity contribution < 1.29 is 27.9 Å². The number of alkyl halides is 3. The van der Waals surface area contributed by atoms with Crippen molar-refractivity contribution in [2.75, 3.05) is 13.1 Å².